The highest BCUT2D eigenvalue weighted by Gasteiger charge is 2.40. The maximum absolute atomic E-state index is 14.4. The van der Waals surface area contributed by atoms with E-state index in [1.807, 2.05) is 6.92 Å². The lowest BCUT2D eigenvalue weighted by Gasteiger charge is -2.32. The molecule has 4 rings (SSSR count). The van der Waals surface area contributed by atoms with E-state index < -0.39 is 83.6 Å². The van der Waals surface area contributed by atoms with Crippen LogP contribution in [0.2, 0.25) is 0 Å². The first-order valence-corrected chi connectivity index (χ1v) is 20.1. The summed E-state index contributed by atoms with van der Waals surface area (Å²) in [5.74, 6) is -5.95. The molecule has 3 aromatic rings. The van der Waals surface area contributed by atoms with Crippen LogP contribution in [0.1, 0.15) is 63.8 Å². The maximum Gasteiger partial charge on any atom is 0.326 e. The third-order valence-electron chi connectivity index (χ3n) is 10.6. The van der Waals surface area contributed by atoms with Gasteiger partial charge >= 0.3 is 5.97 Å². The van der Waals surface area contributed by atoms with E-state index in [1.165, 1.54) is 29.6 Å². The number of benzene rings is 2. The molecule has 10 N–H and O–H groups in total. The monoisotopic (exact) mass is 867 g/mol. The molecule has 1 fully saturated rings. The minimum absolute atomic E-state index is 0. The quantitative estimate of drug-likeness (QED) is 0.0720. The molecule has 332 valence electrons. The van der Waals surface area contributed by atoms with Crippen LogP contribution in [0.15, 0.2) is 67.1 Å². The number of aliphatic carboxylic acids is 1. The van der Waals surface area contributed by atoms with Crippen LogP contribution in [-0.4, -0.2) is 116 Å². The van der Waals surface area contributed by atoms with Gasteiger partial charge in [-0.05, 0) is 47.9 Å². The molecule has 1 aromatic heterocycles. The summed E-state index contributed by atoms with van der Waals surface area (Å²) in [7, 11) is 0. The summed E-state index contributed by atoms with van der Waals surface area (Å²) < 4.78 is 0. The molecule has 1 aliphatic rings. The summed E-state index contributed by atoms with van der Waals surface area (Å²) in [4.78, 5) is 103. The zero-order valence-corrected chi connectivity index (χ0v) is 35.6. The number of aromatic hydroxyl groups is 1. The van der Waals surface area contributed by atoms with Crippen molar-refractivity contribution >= 4 is 53.8 Å². The molecule has 0 spiro atoms. The molecule has 0 radical (unpaired) electrons. The number of halogens is 1. The number of nitrogens with zero attached hydrogens (tertiary/aromatic N) is 2. The molecule has 19 heteroatoms. The number of hydrogen-bond acceptors (Lipinski definition) is 10. The lowest BCUT2D eigenvalue weighted by molar-refractivity contribution is -0.145. The van der Waals surface area contributed by atoms with Crippen LogP contribution in [-0.2, 0) is 52.8 Å². The number of phenolic OH excluding ortho intramolecular Hbond substituents is 1. The van der Waals surface area contributed by atoms with Crippen LogP contribution < -0.4 is 32.3 Å². The molecule has 1 aliphatic heterocycles. The molecule has 1 saturated heterocycles. The minimum atomic E-state index is -1.25. The number of likely N-dealkylation sites (tertiary alicyclic amines) is 1. The number of nitrogens with one attached hydrogen (secondary N) is 6. The number of carboxylic acid groups (broad SMARTS) is 1. The predicted molar refractivity (Wildman–Crippen MR) is 227 cm³/mol. The first-order chi connectivity index (χ1) is 28.6. The number of amides is 6. The summed E-state index contributed by atoms with van der Waals surface area (Å²) >= 11 is 0. The fourth-order valence-electron chi connectivity index (χ4n) is 6.96. The van der Waals surface area contributed by atoms with Gasteiger partial charge in [-0.15, -0.1) is 12.4 Å². The fraction of sp³-hybridized carbons (Fsp3) is 0.476. The number of aromatic nitrogens is 2. The van der Waals surface area contributed by atoms with E-state index in [2.05, 4.69) is 36.6 Å². The van der Waals surface area contributed by atoms with Crippen LogP contribution in [0, 0.1) is 11.8 Å². The molecular formula is C42H58ClN9O9. The van der Waals surface area contributed by atoms with E-state index in [4.69, 9.17) is 5.73 Å². The Balaban J connectivity index is 0.00000992. The second-order valence-electron chi connectivity index (χ2n) is 15.4. The average molecular weight is 868 g/mol. The minimum Gasteiger partial charge on any atom is -0.508 e. The van der Waals surface area contributed by atoms with Crippen molar-refractivity contribution < 1.29 is 43.8 Å². The molecular weight excluding hydrogens is 810 g/mol. The van der Waals surface area contributed by atoms with Crippen LogP contribution in [0.25, 0.3) is 0 Å². The fourth-order valence-corrected chi connectivity index (χ4v) is 6.96. The number of carbonyl (C=O) groups excluding carboxylic acids is 6. The van der Waals surface area contributed by atoms with E-state index in [0.29, 0.717) is 29.7 Å². The van der Waals surface area contributed by atoms with Crippen LogP contribution in [0.3, 0.4) is 0 Å². The first kappa shape index (κ1) is 49.4. The van der Waals surface area contributed by atoms with Gasteiger partial charge in [0.25, 0.3) is 0 Å². The van der Waals surface area contributed by atoms with E-state index in [9.17, 15) is 43.8 Å². The van der Waals surface area contributed by atoms with Crippen molar-refractivity contribution in [2.75, 3.05) is 13.1 Å². The SMILES string of the molecule is CC[C@H](C)[C@H](NC(=O)[C@H](Cc1ccc(O)cc1)NC(=O)[C@@H](NC(=O)CN)C(C)C)C(=O)N[C@@H](Cc1cnc[nH]1)C(=O)N1CCC[C@H]1C(=O)N[C@@H](Cc1ccccc1)C(=O)O.Cl. The van der Waals surface area contributed by atoms with Gasteiger partial charge in [0.2, 0.25) is 35.4 Å². The molecule has 61 heavy (non-hydrogen) atoms. The van der Waals surface area contributed by atoms with Gasteiger partial charge in [0.05, 0.1) is 12.9 Å². The largest absolute Gasteiger partial charge is 0.508 e. The van der Waals surface area contributed by atoms with Crippen LogP contribution in [0.5, 0.6) is 5.75 Å². The van der Waals surface area contributed by atoms with E-state index in [1.54, 1.807) is 63.2 Å². The molecule has 2 heterocycles. The van der Waals surface area contributed by atoms with Gasteiger partial charge in [-0.2, -0.15) is 0 Å². The third-order valence-corrected chi connectivity index (χ3v) is 10.6. The van der Waals surface area contributed by atoms with Crippen molar-refractivity contribution in [3.63, 3.8) is 0 Å². The lowest BCUT2D eigenvalue weighted by Crippen LogP contribution is -2.61. The average Bonchev–Trinajstić information content (AvgIpc) is 3.94. The molecule has 0 aliphatic carbocycles. The Morgan fingerprint density at radius 2 is 1.43 bits per heavy atom. The standard InChI is InChI=1S/C42H57N9O9.ClH/c1-5-25(4)36(50-37(54)30(18-27-13-15-29(52)16-14-27)46-39(56)35(24(2)3)49-34(53)21-43)40(57)47-31(20-28-22-44-23-45-28)41(58)51-17-9-12-33(51)38(55)48-32(42(59)60)19-26-10-7-6-8-11-26;/h6-8,10-11,13-16,22-25,30-33,35-36,52H,5,9,12,17-21,43H2,1-4H3,(H,44,45)(H,46,56)(H,47,57)(H,48,55)(H,49,53)(H,50,54)(H,59,60);1H/t25-,30-,31-,32-,33-,35-,36-;/m0./s1. The molecule has 0 saturated carbocycles. The number of nitrogens with two attached hydrogens (primary N) is 1. The Hall–Kier alpha value is -6.01. The number of carbonyl (C=O) groups is 7. The summed E-state index contributed by atoms with van der Waals surface area (Å²) in [5.41, 5.74) is 7.26. The zero-order chi connectivity index (χ0) is 43.9. The molecule has 18 nitrogen and oxygen atoms in total. The zero-order valence-electron chi connectivity index (χ0n) is 34.8. The van der Waals surface area contributed by atoms with E-state index >= 15 is 0 Å². The predicted octanol–water partition coefficient (Wildman–Crippen LogP) is 0.725. The highest BCUT2D eigenvalue weighted by molar-refractivity contribution is 5.97. The van der Waals surface area contributed by atoms with Crippen LogP contribution in [0.4, 0.5) is 0 Å². The molecule has 0 unspecified atom stereocenters. The molecule has 2 aromatic carbocycles. The van der Waals surface area contributed by atoms with E-state index in [-0.39, 0.29) is 62.8 Å². The molecule has 7 atom stereocenters. The second-order valence-corrected chi connectivity index (χ2v) is 15.4. The number of carboxylic acids is 1. The van der Waals surface area contributed by atoms with Gasteiger partial charge in [-0.25, -0.2) is 9.78 Å². The Labute approximate surface area is 361 Å². The van der Waals surface area contributed by atoms with Gasteiger partial charge in [0.15, 0.2) is 0 Å². The third kappa shape index (κ3) is 14.3. The van der Waals surface area contributed by atoms with Gasteiger partial charge in [-0.3, -0.25) is 28.8 Å². The summed E-state index contributed by atoms with van der Waals surface area (Å²) in [6.45, 7) is 6.83. The highest BCUT2D eigenvalue weighted by atomic mass is 35.5. The van der Waals surface area contributed by atoms with Crippen molar-refractivity contribution in [1.29, 1.82) is 0 Å². The number of imidazole rings is 1. The number of aromatic amines is 1. The van der Waals surface area contributed by atoms with Crippen molar-refractivity contribution in [3.05, 3.63) is 83.9 Å². The van der Waals surface area contributed by atoms with Gasteiger partial charge in [0.1, 0.15) is 42.0 Å². The highest BCUT2D eigenvalue weighted by Crippen LogP contribution is 2.21. The smallest absolute Gasteiger partial charge is 0.326 e. The normalized spacial score (nSPS) is 16.4. The first-order valence-electron chi connectivity index (χ1n) is 20.1. The van der Waals surface area contributed by atoms with Crippen molar-refractivity contribution in [2.24, 2.45) is 17.6 Å². The number of phenols is 1. The summed E-state index contributed by atoms with van der Waals surface area (Å²) in [6, 6.07) is 7.89. The van der Waals surface area contributed by atoms with E-state index in [0.717, 1.165) is 0 Å². The summed E-state index contributed by atoms with van der Waals surface area (Å²) in [6.07, 6.45) is 4.00. The summed E-state index contributed by atoms with van der Waals surface area (Å²) in [5, 5.41) is 33.3. The number of rotatable bonds is 21. The van der Waals surface area contributed by atoms with Gasteiger partial charge < -0.3 is 52.4 Å². The lowest BCUT2D eigenvalue weighted by atomic mass is 9.96. The topological polar surface area (TPSA) is 278 Å². The Kier molecular flexibility index (Phi) is 19.2. The van der Waals surface area contributed by atoms with Crippen molar-refractivity contribution in [2.45, 2.75) is 102 Å². The van der Waals surface area contributed by atoms with Crippen molar-refractivity contribution in [1.82, 2.24) is 41.5 Å². The Morgan fingerprint density at radius 1 is 0.803 bits per heavy atom. The van der Waals surface area contributed by atoms with Crippen molar-refractivity contribution in [3.8, 4) is 5.75 Å². The number of H-pyrrole nitrogens is 1. The van der Waals surface area contributed by atoms with Crippen LogP contribution >= 0.6 is 12.4 Å². The Morgan fingerprint density at radius 3 is 2.02 bits per heavy atom. The molecule has 6 amide bonds. The van der Waals surface area contributed by atoms with Gasteiger partial charge in [0, 0.05) is 37.7 Å². The maximum atomic E-state index is 14.4. The second kappa shape index (κ2) is 23.7. The Bertz CT molecular complexity index is 1930. The van der Waals surface area contributed by atoms with Gasteiger partial charge in [-0.1, -0.05) is 76.6 Å². The number of hydrogen-bond donors (Lipinski definition) is 9. The molecule has 0 bridgehead atoms.